The molecule has 0 aliphatic carbocycles. The molecule has 2 heterocycles. The van der Waals surface area contributed by atoms with Crippen LogP contribution in [0.3, 0.4) is 0 Å². The van der Waals surface area contributed by atoms with Crippen LogP contribution in [0.15, 0.2) is 54.7 Å². The zero-order valence-electron chi connectivity index (χ0n) is 15.0. The van der Waals surface area contributed by atoms with E-state index in [0.29, 0.717) is 23.9 Å². The fraction of sp³-hybridized carbons (Fsp3) is 0.333. The van der Waals surface area contributed by atoms with Gasteiger partial charge in [-0.15, -0.1) is 0 Å². The van der Waals surface area contributed by atoms with E-state index < -0.39 is 5.60 Å². The molecule has 1 aliphatic rings. The number of hydrogen-bond acceptors (Lipinski definition) is 4. The highest BCUT2D eigenvalue weighted by molar-refractivity contribution is 6.30. The van der Waals surface area contributed by atoms with Crippen LogP contribution in [0.1, 0.15) is 5.56 Å². The lowest BCUT2D eigenvalue weighted by atomic mass is 10.1. The number of hydrogen-bond donors (Lipinski definition) is 2. The molecule has 0 radical (unpaired) electrons. The highest BCUT2D eigenvalue weighted by Gasteiger charge is 2.33. The van der Waals surface area contributed by atoms with Crippen LogP contribution in [-0.4, -0.2) is 53.5 Å². The summed E-state index contributed by atoms with van der Waals surface area (Å²) >= 11 is 6.00. The van der Waals surface area contributed by atoms with Gasteiger partial charge < -0.3 is 19.6 Å². The van der Waals surface area contributed by atoms with E-state index in [2.05, 4.69) is 34.1 Å². The van der Waals surface area contributed by atoms with Crippen molar-refractivity contribution < 1.29 is 14.6 Å². The molecule has 2 aromatic carbocycles. The van der Waals surface area contributed by atoms with Crippen molar-refractivity contribution in [2.75, 3.05) is 32.9 Å². The minimum Gasteiger partial charge on any atom is -0.490 e. The quantitative estimate of drug-likeness (QED) is 0.705. The number of rotatable bonds is 5. The second-order valence-electron chi connectivity index (χ2n) is 7.13. The maximum atomic E-state index is 11.0. The van der Waals surface area contributed by atoms with E-state index in [1.54, 1.807) is 12.1 Å². The number of halogens is 1. The molecule has 3 aromatic rings. The van der Waals surface area contributed by atoms with Crippen LogP contribution >= 0.6 is 11.6 Å². The summed E-state index contributed by atoms with van der Waals surface area (Å²) in [5.74, 6) is 0.643. The van der Waals surface area contributed by atoms with Gasteiger partial charge in [0.1, 0.15) is 18.0 Å². The number of H-pyrrole nitrogens is 1. The van der Waals surface area contributed by atoms with E-state index in [4.69, 9.17) is 21.1 Å². The van der Waals surface area contributed by atoms with Crippen LogP contribution in [-0.2, 0) is 11.3 Å². The number of aromatic nitrogens is 1. The molecule has 1 saturated heterocycles. The summed E-state index contributed by atoms with van der Waals surface area (Å²) in [6.07, 6.45) is 1.94. The number of fused-ring (bicyclic) bond motifs is 1. The van der Waals surface area contributed by atoms with Crippen LogP contribution in [0.25, 0.3) is 10.9 Å². The molecule has 0 amide bonds. The largest absolute Gasteiger partial charge is 0.490 e. The first-order chi connectivity index (χ1) is 13.1. The number of β-amino-alcohol motifs (C(OH)–C–C–N with tert-alkyl or cyclic N) is 1. The molecule has 1 aliphatic heterocycles. The Bertz CT molecular complexity index is 913. The molecular weight excluding hydrogens is 364 g/mol. The Morgan fingerprint density at radius 2 is 2.15 bits per heavy atom. The molecule has 2 N–H and O–H groups in total. The molecule has 0 bridgehead atoms. The van der Waals surface area contributed by atoms with Crippen LogP contribution in [0.5, 0.6) is 5.75 Å². The van der Waals surface area contributed by atoms with E-state index in [9.17, 15) is 5.11 Å². The zero-order valence-corrected chi connectivity index (χ0v) is 15.8. The molecule has 27 heavy (non-hydrogen) atoms. The number of nitrogens with one attached hydrogen (secondary N) is 1. The zero-order chi connectivity index (χ0) is 18.7. The number of aliphatic hydroxyl groups is 1. The highest BCUT2D eigenvalue weighted by Crippen LogP contribution is 2.22. The predicted octanol–water partition coefficient (Wildman–Crippen LogP) is 3.46. The van der Waals surface area contributed by atoms with E-state index in [0.717, 1.165) is 18.6 Å². The number of ether oxygens (including phenoxy) is 2. The summed E-state index contributed by atoms with van der Waals surface area (Å²) < 4.78 is 11.4. The average molecular weight is 387 g/mol. The highest BCUT2D eigenvalue weighted by atomic mass is 35.5. The Labute approximate surface area is 163 Å². The third kappa shape index (κ3) is 4.62. The van der Waals surface area contributed by atoms with Gasteiger partial charge >= 0.3 is 0 Å². The van der Waals surface area contributed by atoms with E-state index in [-0.39, 0.29) is 13.2 Å². The molecule has 1 atom stereocenters. The van der Waals surface area contributed by atoms with Crippen molar-refractivity contribution in [2.45, 2.75) is 12.1 Å². The van der Waals surface area contributed by atoms with Crippen molar-refractivity contribution in [3.8, 4) is 5.75 Å². The van der Waals surface area contributed by atoms with Gasteiger partial charge in [0, 0.05) is 36.4 Å². The molecule has 142 valence electrons. The maximum Gasteiger partial charge on any atom is 0.134 e. The lowest BCUT2D eigenvalue weighted by molar-refractivity contribution is -0.0646. The van der Waals surface area contributed by atoms with Crippen molar-refractivity contribution in [3.05, 3.63) is 65.3 Å². The number of aromatic amines is 1. The average Bonchev–Trinajstić information content (AvgIpc) is 3.03. The summed E-state index contributed by atoms with van der Waals surface area (Å²) in [6, 6.07) is 15.6. The summed E-state index contributed by atoms with van der Waals surface area (Å²) in [7, 11) is 0. The van der Waals surface area contributed by atoms with Gasteiger partial charge in [-0.1, -0.05) is 23.7 Å². The second kappa shape index (κ2) is 7.90. The Morgan fingerprint density at radius 3 is 3.04 bits per heavy atom. The normalized spacial score (nSPS) is 21.3. The van der Waals surface area contributed by atoms with Gasteiger partial charge in [0.2, 0.25) is 0 Å². The fourth-order valence-corrected chi connectivity index (χ4v) is 3.63. The van der Waals surface area contributed by atoms with Gasteiger partial charge in [0.05, 0.1) is 13.2 Å². The smallest absolute Gasteiger partial charge is 0.134 e. The van der Waals surface area contributed by atoms with Gasteiger partial charge in [0.25, 0.3) is 0 Å². The topological polar surface area (TPSA) is 57.7 Å². The molecule has 0 unspecified atom stereocenters. The van der Waals surface area contributed by atoms with Crippen LogP contribution < -0.4 is 4.74 Å². The van der Waals surface area contributed by atoms with E-state index in [1.165, 1.54) is 10.9 Å². The predicted molar refractivity (Wildman–Crippen MR) is 106 cm³/mol. The summed E-state index contributed by atoms with van der Waals surface area (Å²) in [4.78, 5) is 5.42. The Hall–Kier alpha value is -2.05. The first-order valence-corrected chi connectivity index (χ1v) is 9.44. The van der Waals surface area contributed by atoms with E-state index in [1.807, 2.05) is 18.3 Å². The van der Waals surface area contributed by atoms with Crippen LogP contribution in [0.4, 0.5) is 0 Å². The van der Waals surface area contributed by atoms with Crippen molar-refractivity contribution in [3.63, 3.8) is 0 Å². The Balaban J connectivity index is 1.42. The maximum absolute atomic E-state index is 11.0. The minimum atomic E-state index is -1.07. The number of benzene rings is 2. The standard InChI is InChI=1S/C21H23ClN2O3/c22-18-2-1-3-19(11-18)27-15-21(25)13-24(8-9-26-14-21)12-16-4-5-20-17(10-16)6-7-23-20/h1-7,10-11,23,25H,8-9,12-15H2/t21-/m1/s1. The van der Waals surface area contributed by atoms with Crippen molar-refractivity contribution in [1.29, 1.82) is 0 Å². The monoisotopic (exact) mass is 386 g/mol. The minimum absolute atomic E-state index is 0.153. The summed E-state index contributed by atoms with van der Waals surface area (Å²) in [6.45, 7) is 3.00. The summed E-state index contributed by atoms with van der Waals surface area (Å²) in [5.41, 5.74) is 1.27. The molecule has 6 heteroatoms. The van der Waals surface area contributed by atoms with Gasteiger partial charge in [0.15, 0.2) is 0 Å². The summed E-state index contributed by atoms with van der Waals surface area (Å²) in [5, 5.41) is 12.8. The molecule has 1 fully saturated rings. The van der Waals surface area contributed by atoms with E-state index >= 15 is 0 Å². The lowest BCUT2D eigenvalue weighted by Crippen LogP contribution is -2.48. The van der Waals surface area contributed by atoms with Crippen LogP contribution in [0.2, 0.25) is 5.02 Å². The molecule has 0 saturated carbocycles. The molecule has 0 spiro atoms. The lowest BCUT2D eigenvalue weighted by Gasteiger charge is -2.30. The molecule has 4 rings (SSSR count). The van der Waals surface area contributed by atoms with Crippen molar-refractivity contribution >= 4 is 22.5 Å². The third-order valence-corrected chi connectivity index (χ3v) is 5.00. The molecule has 1 aromatic heterocycles. The second-order valence-corrected chi connectivity index (χ2v) is 7.57. The molecule has 5 nitrogen and oxygen atoms in total. The Kier molecular flexibility index (Phi) is 5.36. The fourth-order valence-electron chi connectivity index (χ4n) is 3.45. The molecular formula is C21H23ClN2O3. The SMILES string of the molecule is O[C@@]1(COc2cccc(Cl)c2)COCCN(Cc2ccc3[nH]ccc3c2)C1. The Morgan fingerprint density at radius 1 is 1.22 bits per heavy atom. The van der Waals surface area contributed by atoms with Crippen molar-refractivity contribution in [1.82, 2.24) is 9.88 Å². The van der Waals surface area contributed by atoms with Gasteiger partial charge in [-0.2, -0.15) is 0 Å². The third-order valence-electron chi connectivity index (χ3n) is 4.77. The first-order valence-electron chi connectivity index (χ1n) is 9.07. The van der Waals surface area contributed by atoms with Gasteiger partial charge in [-0.3, -0.25) is 4.90 Å². The van der Waals surface area contributed by atoms with Crippen molar-refractivity contribution in [2.24, 2.45) is 0 Å². The van der Waals surface area contributed by atoms with Crippen LogP contribution in [0, 0.1) is 0 Å². The first kappa shape index (κ1) is 18.3. The van der Waals surface area contributed by atoms with Gasteiger partial charge in [-0.05, 0) is 47.3 Å². The van der Waals surface area contributed by atoms with Gasteiger partial charge in [-0.25, -0.2) is 0 Å². The number of nitrogens with zero attached hydrogens (tertiary/aromatic N) is 1.